The molecule has 2 aromatic rings. The Labute approximate surface area is 150 Å². The third kappa shape index (κ3) is 5.41. The highest BCUT2D eigenvalue weighted by molar-refractivity contribution is 7.92. The average molecular weight is 384 g/mol. The molecule has 0 saturated heterocycles. The van der Waals surface area contributed by atoms with Gasteiger partial charge in [0.05, 0.1) is 17.7 Å². The molecule has 0 spiro atoms. The first-order valence-electron chi connectivity index (χ1n) is 7.61. The zero-order valence-corrected chi connectivity index (χ0v) is 15.2. The molecule has 0 atom stereocenters. The van der Waals surface area contributed by atoms with Crippen molar-refractivity contribution in [3.8, 4) is 11.5 Å². The standard InChI is InChI=1S/C17H18F2N2O4S/c1-4-24-20-11(2)12-5-7-15(21-26(3,22)23)17(9-12)25-16-8-6-13(18)10-14(16)19/h5-10,21H,4H2,1-3H3/b20-11+. The summed E-state index contributed by atoms with van der Waals surface area (Å²) in [5.74, 6) is -1.89. The second-order valence-electron chi connectivity index (χ2n) is 5.36. The van der Waals surface area contributed by atoms with E-state index in [0.29, 0.717) is 23.9 Å². The Morgan fingerprint density at radius 2 is 1.88 bits per heavy atom. The van der Waals surface area contributed by atoms with Gasteiger partial charge >= 0.3 is 0 Å². The number of ether oxygens (including phenoxy) is 1. The number of hydrogen-bond acceptors (Lipinski definition) is 5. The van der Waals surface area contributed by atoms with Crippen LogP contribution in [0, 0.1) is 11.6 Å². The normalized spacial score (nSPS) is 12.0. The summed E-state index contributed by atoms with van der Waals surface area (Å²) in [7, 11) is -3.59. The molecule has 0 fully saturated rings. The molecular weight excluding hydrogens is 366 g/mol. The first kappa shape index (κ1) is 19.6. The Hall–Kier alpha value is -2.68. The van der Waals surface area contributed by atoms with E-state index in [1.54, 1.807) is 19.9 Å². The van der Waals surface area contributed by atoms with Gasteiger partial charge in [0, 0.05) is 11.6 Å². The molecule has 0 aliphatic rings. The quantitative estimate of drug-likeness (QED) is 0.580. The van der Waals surface area contributed by atoms with Gasteiger partial charge in [-0.2, -0.15) is 0 Å². The van der Waals surface area contributed by atoms with Crippen LogP contribution in [0.2, 0.25) is 0 Å². The highest BCUT2D eigenvalue weighted by Crippen LogP contribution is 2.33. The van der Waals surface area contributed by atoms with Gasteiger partial charge in [-0.05, 0) is 38.1 Å². The summed E-state index contributed by atoms with van der Waals surface area (Å²) in [6.45, 7) is 3.86. The number of hydrogen-bond donors (Lipinski definition) is 1. The van der Waals surface area contributed by atoms with Crippen molar-refractivity contribution >= 4 is 21.4 Å². The topological polar surface area (TPSA) is 77.0 Å². The molecule has 0 bridgehead atoms. The maximum Gasteiger partial charge on any atom is 0.229 e. The number of oxime groups is 1. The molecule has 0 radical (unpaired) electrons. The Balaban J connectivity index is 2.47. The Morgan fingerprint density at radius 1 is 1.15 bits per heavy atom. The molecule has 2 aromatic carbocycles. The number of halogens is 2. The molecule has 0 unspecified atom stereocenters. The summed E-state index contributed by atoms with van der Waals surface area (Å²) in [5.41, 5.74) is 1.20. The van der Waals surface area contributed by atoms with Crippen LogP contribution in [0.25, 0.3) is 0 Å². The van der Waals surface area contributed by atoms with Gasteiger partial charge in [-0.15, -0.1) is 0 Å². The summed E-state index contributed by atoms with van der Waals surface area (Å²) < 4.78 is 57.8. The molecule has 0 amide bonds. The first-order valence-corrected chi connectivity index (χ1v) is 9.50. The van der Waals surface area contributed by atoms with Crippen molar-refractivity contribution in [3.05, 3.63) is 53.6 Å². The minimum absolute atomic E-state index is 0.0319. The number of rotatable bonds is 7. The van der Waals surface area contributed by atoms with Gasteiger partial charge in [-0.3, -0.25) is 4.72 Å². The fourth-order valence-corrected chi connectivity index (χ4v) is 2.57. The van der Waals surface area contributed by atoms with E-state index in [1.807, 2.05) is 0 Å². The molecule has 0 aromatic heterocycles. The van der Waals surface area contributed by atoms with Crippen LogP contribution in [0.5, 0.6) is 11.5 Å². The third-order valence-corrected chi connectivity index (χ3v) is 3.73. The molecule has 140 valence electrons. The highest BCUT2D eigenvalue weighted by Gasteiger charge is 2.14. The van der Waals surface area contributed by atoms with Gasteiger partial charge in [-0.25, -0.2) is 17.2 Å². The van der Waals surface area contributed by atoms with Crippen LogP contribution in [0.3, 0.4) is 0 Å². The van der Waals surface area contributed by atoms with Crippen molar-refractivity contribution in [2.24, 2.45) is 5.16 Å². The number of benzene rings is 2. The maximum atomic E-state index is 13.9. The summed E-state index contributed by atoms with van der Waals surface area (Å²) in [6, 6.07) is 7.37. The number of nitrogens with one attached hydrogen (secondary N) is 1. The fourth-order valence-electron chi connectivity index (χ4n) is 2.01. The number of anilines is 1. The smallest absolute Gasteiger partial charge is 0.229 e. The maximum absolute atomic E-state index is 13.9. The molecule has 0 saturated carbocycles. The number of sulfonamides is 1. The lowest BCUT2D eigenvalue weighted by Gasteiger charge is -2.14. The number of nitrogens with zero attached hydrogens (tertiary/aromatic N) is 1. The predicted octanol–water partition coefficient (Wildman–Crippen LogP) is 3.89. The summed E-state index contributed by atoms with van der Waals surface area (Å²) in [4.78, 5) is 4.98. The van der Waals surface area contributed by atoms with E-state index in [9.17, 15) is 17.2 Å². The van der Waals surface area contributed by atoms with E-state index in [1.165, 1.54) is 12.1 Å². The minimum Gasteiger partial charge on any atom is -0.452 e. The molecular formula is C17H18F2N2O4S. The molecule has 9 heteroatoms. The van der Waals surface area contributed by atoms with Crippen LogP contribution in [0.1, 0.15) is 19.4 Å². The van der Waals surface area contributed by atoms with Crippen molar-refractivity contribution < 1.29 is 26.8 Å². The van der Waals surface area contributed by atoms with Gasteiger partial charge in [0.15, 0.2) is 17.3 Å². The lowest BCUT2D eigenvalue weighted by Crippen LogP contribution is -2.11. The third-order valence-electron chi connectivity index (χ3n) is 3.14. The second kappa shape index (κ2) is 8.13. The monoisotopic (exact) mass is 384 g/mol. The largest absolute Gasteiger partial charge is 0.452 e. The van der Waals surface area contributed by atoms with Crippen LogP contribution in [-0.4, -0.2) is 27.0 Å². The van der Waals surface area contributed by atoms with Crippen LogP contribution in [-0.2, 0) is 14.9 Å². The van der Waals surface area contributed by atoms with Crippen molar-refractivity contribution in [1.82, 2.24) is 0 Å². The van der Waals surface area contributed by atoms with Gasteiger partial charge in [0.25, 0.3) is 0 Å². The predicted molar refractivity (Wildman–Crippen MR) is 95.2 cm³/mol. The van der Waals surface area contributed by atoms with Gasteiger partial charge < -0.3 is 9.57 Å². The van der Waals surface area contributed by atoms with E-state index >= 15 is 0 Å². The van der Waals surface area contributed by atoms with Crippen LogP contribution < -0.4 is 9.46 Å². The Bertz CT molecular complexity index is 930. The summed E-state index contributed by atoms with van der Waals surface area (Å²) in [5, 5.41) is 3.89. The Morgan fingerprint density at radius 3 is 2.50 bits per heavy atom. The van der Waals surface area contributed by atoms with Gasteiger partial charge in [-0.1, -0.05) is 11.2 Å². The van der Waals surface area contributed by atoms with Crippen LogP contribution in [0.4, 0.5) is 14.5 Å². The zero-order chi connectivity index (χ0) is 19.3. The van der Waals surface area contributed by atoms with E-state index in [0.717, 1.165) is 18.4 Å². The zero-order valence-electron chi connectivity index (χ0n) is 14.4. The second-order valence-corrected chi connectivity index (χ2v) is 7.10. The molecule has 26 heavy (non-hydrogen) atoms. The van der Waals surface area contributed by atoms with E-state index < -0.39 is 21.7 Å². The summed E-state index contributed by atoms with van der Waals surface area (Å²) in [6.07, 6.45) is 0.977. The molecule has 0 aliphatic heterocycles. The minimum atomic E-state index is -3.59. The SMILES string of the molecule is CCO/N=C(\C)c1ccc(NS(C)(=O)=O)c(Oc2ccc(F)cc2F)c1. The fraction of sp³-hybridized carbons (Fsp3) is 0.235. The lowest BCUT2D eigenvalue weighted by atomic mass is 10.1. The van der Waals surface area contributed by atoms with E-state index in [2.05, 4.69) is 9.88 Å². The first-order chi connectivity index (χ1) is 12.2. The van der Waals surface area contributed by atoms with Crippen molar-refractivity contribution in [2.45, 2.75) is 13.8 Å². The molecule has 0 aliphatic carbocycles. The van der Waals surface area contributed by atoms with E-state index in [-0.39, 0.29) is 17.2 Å². The van der Waals surface area contributed by atoms with Gasteiger partial charge in [0.2, 0.25) is 10.0 Å². The summed E-state index contributed by atoms with van der Waals surface area (Å²) >= 11 is 0. The molecule has 2 rings (SSSR count). The van der Waals surface area contributed by atoms with Crippen LogP contribution >= 0.6 is 0 Å². The van der Waals surface area contributed by atoms with Crippen molar-refractivity contribution in [1.29, 1.82) is 0 Å². The van der Waals surface area contributed by atoms with Crippen LogP contribution in [0.15, 0.2) is 41.6 Å². The highest BCUT2D eigenvalue weighted by atomic mass is 32.2. The average Bonchev–Trinajstić information content (AvgIpc) is 2.55. The molecule has 1 N–H and O–H groups in total. The van der Waals surface area contributed by atoms with Crippen molar-refractivity contribution in [3.63, 3.8) is 0 Å². The molecule has 6 nitrogen and oxygen atoms in total. The Kier molecular flexibility index (Phi) is 6.14. The van der Waals surface area contributed by atoms with E-state index in [4.69, 9.17) is 9.57 Å². The molecule has 0 heterocycles. The lowest BCUT2D eigenvalue weighted by molar-refractivity contribution is 0.159. The van der Waals surface area contributed by atoms with Gasteiger partial charge in [0.1, 0.15) is 12.4 Å². The van der Waals surface area contributed by atoms with Crippen molar-refractivity contribution in [2.75, 3.05) is 17.6 Å².